The van der Waals surface area contributed by atoms with E-state index in [9.17, 15) is 0 Å². The smallest absolute Gasteiger partial charge is 0.0348 e. The van der Waals surface area contributed by atoms with Crippen molar-refractivity contribution in [2.24, 2.45) is 0 Å². The second-order valence-corrected chi connectivity index (χ2v) is 4.94. The second-order valence-electron chi connectivity index (χ2n) is 4.94. The lowest BCUT2D eigenvalue weighted by Crippen LogP contribution is -1.75. The topological polar surface area (TPSA) is 0 Å². The molecular weight excluding hydrogens is 216 g/mol. The summed E-state index contributed by atoms with van der Waals surface area (Å²) in [6, 6.07) is 0. The second kappa shape index (κ2) is 16.2. The molecule has 0 saturated carbocycles. The fraction of sp³-hybridized carbons (Fsp3) is 0.667. The lowest BCUT2D eigenvalue weighted by Gasteiger charge is -1.95. The van der Waals surface area contributed by atoms with Gasteiger partial charge in [0.25, 0.3) is 0 Å². The maximum absolute atomic E-state index is 2.29. The maximum Gasteiger partial charge on any atom is -0.0348 e. The van der Waals surface area contributed by atoms with E-state index in [0.717, 1.165) is 0 Å². The summed E-state index contributed by atoms with van der Waals surface area (Å²) in [5.74, 6) is 0. The molecule has 0 bridgehead atoms. The Bertz CT molecular complexity index is 220. The van der Waals surface area contributed by atoms with E-state index in [0.29, 0.717) is 0 Å². The summed E-state index contributed by atoms with van der Waals surface area (Å²) in [4.78, 5) is 0. The molecule has 0 aliphatic rings. The SMILES string of the molecule is CCCCCC=CC=CC=CCCCCCCC. The van der Waals surface area contributed by atoms with E-state index in [1.54, 1.807) is 0 Å². The summed E-state index contributed by atoms with van der Waals surface area (Å²) in [7, 11) is 0. The van der Waals surface area contributed by atoms with Crippen LogP contribution in [0.4, 0.5) is 0 Å². The number of rotatable bonds is 12. The van der Waals surface area contributed by atoms with Crippen LogP contribution >= 0.6 is 0 Å². The first-order valence-corrected chi connectivity index (χ1v) is 7.90. The lowest BCUT2D eigenvalue weighted by molar-refractivity contribution is 0.637. The zero-order valence-electron chi connectivity index (χ0n) is 12.5. The zero-order valence-corrected chi connectivity index (χ0v) is 12.5. The molecule has 0 aliphatic heterocycles. The Hall–Kier alpha value is -0.780. The van der Waals surface area contributed by atoms with Crippen molar-refractivity contribution in [1.29, 1.82) is 0 Å². The molecule has 0 aromatic heterocycles. The average molecular weight is 248 g/mol. The van der Waals surface area contributed by atoms with Gasteiger partial charge in [0.1, 0.15) is 0 Å². The summed E-state index contributed by atoms with van der Waals surface area (Å²) >= 11 is 0. The zero-order chi connectivity index (χ0) is 13.3. The third-order valence-corrected chi connectivity index (χ3v) is 3.05. The van der Waals surface area contributed by atoms with Crippen LogP contribution < -0.4 is 0 Å². The third kappa shape index (κ3) is 15.2. The van der Waals surface area contributed by atoms with E-state index in [1.807, 2.05) is 0 Å². The van der Waals surface area contributed by atoms with Crippen LogP contribution in [0.1, 0.15) is 78.1 Å². The number of unbranched alkanes of at least 4 members (excludes halogenated alkanes) is 8. The molecule has 0 N–H and O–H groups in total. The summed E-state index contributed by atoms with van der Waals surface area (Å²) in [6.07, 6.45) is 26.5. The van der Waals surface area contributed by atoms with E-state index >= 15 is 0 Å². The minimum absolute atomic E-state index is 1.22. The molecule has 0 fully saturated rings. The summed E-state index contributed by atoms with van der Waals surface area (Å²) in [6.45, 7) is 4.51. The number of hydrogen-bond acceptors (Lipinski definition) is 0. The minimum Gasteiger partial charge on any atom is -0.0845 e. The number of hydrogen-bond donors (Lipinski definition) is 0. The quantitative estimate of drug-likeness (QED) is 0.270. The van der Waals surface area contributed by atoms with Crippen molar-refractivity contribution in [1.82, 2.24) is 0 Å². The lowest BCUT2D eigenvalue weighted by atomic mass is 10.1. The van der Waals surface area contributed by atoms with Gasteiger partial charge in [0.2, 0.25) is 0 Å². The van der Waals surface area contributed by atoms with Crippen LogP contribution in [-0.2, 0) is 0 Å². The summed E-state index contributed by atoms with van der Waals surface area (Å²) < 4.78 is 0. The molecule has 0 spiro atoms. The van der Waals surface area contributed by atoms with Gasteiger partial charge < -0.3 is 0 Å². The molecule has 0 unspecified atom stereocenters. The Labute approximate surface area is 115 Å². The van der Waals surface area contributed by atoms with E-state index in [4.69, 9.17) is 0 Å². The van der Waals surface area contributed by atoms with Crippen molar-refractivity contribution in [3.63, 3.8) is 0 Å². The highest BCUT2D eigenvalue weighted by Gasteiger charge is 1.85. The van der Waals surface area contributed by atoms with Crippen LogP contribution in [0.2, 0.25) is 0 Å². The molecule has 0 aliphatic carbocycles. The fourth-order valence-corrected chi connectivity index (χ4v) is 1.86. The molecule has 0 heteroatoms. The van der Waals surface area contributed by atoms with Crippen molar-refractivity contribution in [2.75, 3.05) is 0 Å². The summed E-state index contributed by atoms with van der Waals surface area (Å²) in [5.41, 5.74) is 0. The molecule has 0 saturated heterocycles. The van der Waals surface area contributed by atoms with Crippen LogP contribution in [0.25, 0.3) is 0 Å². The van der Waals surface area contributed by atoms with Crippen LogP contribution in [-0.4, -0.2) is 0 Å². The molecule has 18 heavy (non-hydrogen) atoms. The van der Waals surface area contributed by atoms with Gasteiger partial charge in [-0.3, -0.25) is 0 Å². The van der Waals surface area contributed by atoms with Gasteiger partial charge in [-0.1, -0.05) is 88.8 Å². The van der Waals surface area contributed by atoms with Crippen LogP contribution in [0.3, 0.4) is 0 Å². The predicted octanol–water partition coefficient (Wildman–Crippen LogP) is 6.60. The van der Waals surface area contributed by atoms with E-state index in [-0.39, 0.29) is 0 Å². The van der Waals surface area contributed by atoms with Gasteiger partial charge in [0.05, 0.1) is 0 Å². The molecule has 104 valence electrons. The molecule has 0 amide bonds. The Kier molecular flexibility index (Phi) is 15.5. The maximum atomic E-state index is 2.29. The van der Waals surface area contributed by atoms with E-state index in [1.165, 1.54) is 64.2 Å². The summed E-state index contributed by atoms with van der Waals surface area (Å²) in [5, 5.41) is 0. The standard InChI is InChI=1S/C18H32/c1-3-5-7-9-11-13-15-17-18-16-14-12-10-8-6-4-2/h11,13,15-18H,3-10,12,14H2,1-2H3. The van der Waals surface area contributed by atoms with Crippen molar-refractivity contribution in [2.45, 2.75) is 78.1 Å². The monoisotopic (exact) mass is 248 g/mol. The van der Waals surface area contributed by atoms with Gasteiger partial charge in [-0.15, -0.1) is 0 Å². The van der Waals surface area contributed by atoms with Gasteiger partial charge in [-0.25, -0.2) is 0 Å². The van der Waals surface area contributed by atoms with Gasteiger partial charge in [0, 0.05) is 0 Å². The van der Waals surface area contributed by atoms with Crippen LogP contribution in [0.5, 0.6) is 0 Å². The van der Waals surface area contributed by atoms with Gasteiger partial charge in [-0.2, -0.15) is 0 Å². The molecule has 0 nitrogen and oxygen atoms in total. The number of allylic oxidation sites excluding steroid dienone is 6. The van der Waals surface area contributed by atoms with Gasteiger partial charge >= 0.3 is 0 Å². The fourth-order valence-electron chi connectivity index (χ4n) is 1.86. The van der Waals surface area contributed by atoms with Crippen molar-refractivity contribution in [3.8, 4) is 0 Å². The molecule has 0 atom stereocenters. The van der Waals surface area contributed by atoms with E-state index in [2.05, 4.69) is 50.3 Å². The van der Waals surface area contributed by atoms with E-state index < -0.39 is 0 Å². The molecule has 0 rings (SSSR count). The van der Waals surface area contributed by atoms with Crippen molar-refractivity contribution >= 4 is 0 Å². The Morgan fingerprint density at radius 2 is 0.944 bits per heavy atom. The largest absolute Gasteiger partial charge is 0.0845 e. The first kappa shape index (κ1) is 17.2. The average Bonchev–Trinajstić information content (AvgIpc) is 2.39. The Morgan fingerprint density at radius 3 is 1.50 bits per heavy atom. The normalized spacial score (nSPS) is 12.3. The van der Waals surface area contributed by atoms with Gasteiger partial charge in [-0.05, 0) is 25.7 Å². The van der Waals surface area contributed by atoms with Crippen LogP contribution in [0.15, 0.2) is 36.5 Å². The molecule has 0 aromatic carbocycles. The molecule has 0 aromatic rings. The minimum atomic E-state index is 1.22. The molecule has 0 radical (unpaired) electrons. The highest BCUT2D eigenvalue weighted by molar-refractivity contribution is 5.10. The molecular formula is C18H32. The van der Waals surface area contributed by atoms with Gasteiger partial charge in [0.15, 0.2) is 0 Å². The van der Waals surface area contributed by atoms with Crippen LogP contribution in [0, 0.1) is 0 Å². The van der Waals surface area contributed by atoms with Crippen molar-refractivity contribution < 1.29 is 0 Å². The highest BCUT2D eigenvalue weighted by atomic mass is 13.9. The first-order valence-electron chi connectivity index (χ1n) is 7.90. The molecule has 0 heterocycles. The highest BCUT2D eigenvalue weighted by Crippen LogP contribution is 2.05. The Balaban J connectivity index is 3.29. The Morgan fingerprint density at radius 1 is 0.500 bits per heavy atom. The predicted molar refractivity (Wildman–Crippen MR) is 84.9 cm³/mol. The third-order valence-electron chi connectivity index (χ3n) is 3.05. The van der Waals surface area contributed by atoms with Crippen molar-refractivity contribution in [3.05, 3.63) is 36.5 Å². The first-order chi connectivity index (χ1) is 8.91.